The van der Waals surface area contributed by atoms with Crippen LogP contribution in [-0.4, -0.2) is 20.1 Å². The van der Waals surface area contributed by atoms with Gasteiger partial charge in [0.15, 0.2) is 0 Å². The summed E-state index contributed by atoms with van der Waals surface area (Å²) in [6.07, 6.45) is 3.48. The summed E-state index contributed by atoms with van der Waals surface area (Å²) in [5, 5.41) is 11.3. The standard InChI is InChI=1S/C48H34F2N3O.Pt/c1-48(2,38-11-7-4-8-12-38)42-22-17-35(25-41(42)44-26-34(23-24-51-44)32-13-18-39(49)19-14-32)43-27-36(33-15-20-40(50)21-16-33)28-45(53-43)47-46(54)29-37(30-52-47)31-9-5-3-6-10-31;/h3-24,26-30,54H,1-2H3;/q-1;. The van der Waals surface area contributed by atoms with Gasteiger partial charge in [-0.25, -0.2) is 8.78 Å². The molecule has 272 valence electrons. The molecule has 4 nitrogen and oxygen atoms in total. The monoisotopic (exact) mass is 901 g/mol. The van der Waals surface area contributed by atoms with Crippen molar-refractivity contribution in [3.8, 4) is 73.0 Å². The van der Waals surface area contributed by atoms with Gasteiger partial charge in [-0.2, -0.15) is 0 Å². The Hall–Kier alpha value is -6.10. The zero-order valence-electron chi connectivity index (χ0n) is 29.9. The Balaban J connectivity index is 0.00000465. The summed E-state index contributed by atoms with van der Waals surface area (Å²) < 4.78 is 27.9. The molecule has 0 fully saturated rings. The van der Waals surface area contributed by atoms with Gasteiger partial charge in [0, 0.05) is 50.4 Å². The van der Waals surface area contributed by atoms with E-state index in [-0.39, 0.29) is 38.4 Å². The third-order valence-corrected chi connectivity index (χ3v) is 9.80. The molecule has 0 aliphatic carbocycles. The molecule has 0 bridgehead atoms. The van der Waals surface area contributed by atoms with Crippen molar-refractivity contribution in [3.05, 3.63) is 193 Å². The first kappa shape index (κ1) is 37.2. The van der Waals surface area contributed by atoms with Crippen LogP contribution in [0.15, 0.2) is 164 Å². The summed E-state index contributed by atoms with van der Waals surface area (Å²) in [7, 11) is 0. The molecule has 5 aromatic carbocycles. The molecule has 3 aromatic heterocycles. The summed E-state index contributed by atoms with van der Waals surface area (Å²) in [6, 6.07) is 49.9. The van der Waals surface area contributed by atoms with Crippen LogP contribution in [0.25, 0.3) is 67.3 Å². The average Bonchev–Trinajstić information content (AvgIpc) is 3.21. The first-order valence-electron chi connectivity index (χ1n) is 17.6. The molecule has 3 heterocycles. The summed E-state index contributed by atoms with van der Waals surface area (Å²) in [5.41, 5.74) is 10.2. The normalized spacial score (nSPS) is 11.2. The number of benzene rings is 5. The van der Waals surface area contributed by atoms with E-state index in [4.69, 9.17) is 9.97 Å². The number of aromatic hydroxyl groups is 1. The molecule has 55 heavy (non-hydrogen) atoms. The number of hydrogen-bond donors (Lipinski definition) is 1. The minimum Gasteiger partial charge on any atom is -0.506 e. The van der Waals surface area contributed by atoms with Gasteiger partial charge >= 0.3 is 0 Å². The van der Waals surface area contributed by atoms with Crippen molar-refractivity contribution >= 4 is 0 Å². The number of halogens is 2. The Morgan fingerprint density at radius 3 is 1.78 bits per heavy atom. The second kappa shape index (κ2) is 15.7. The SMILES string of the molecule is CC(C)(c1ccccc1)c1ccc(-c2cc(-c3ccc(F)cc3)cc(-c3ncc(-c4ccccc4)cc3O)n2)[c-]c1-c1cc(-c2ccc(F)cc2)ccn1.[Pt]. The quantitative estimate of drug-likeness (QED) is 0.154. The second-order valence-electron chi connectivity index (χ2n) is 13.7. The summed E-state index contributed by atoms with van der Waals surface area (Å²) in [5.74, 6) is -0.655. The maximum absolute atomic E-state index is 14.1. The van der Waals surface area contributed by atoms with Crippen molar-refractivity contribution in [2.45, 2.75) is 19.3 Å². The molecule has 1 N–H and O–H groups in total. The van der Waals surface area contributed by atoms with Crippen LogP contribution >= 0.6 is 0 Å². The zero-order chi connectivity index (χ0) is 37.2. The van der Waals surface area contributed by atoms with Crippen molar-refractivity contribution in [1.82, 2.24) is 15.0 Å². The zero-order valence-corrected chi connectivity index (χ0v) is 32.2. The molecule has 0 aliphatic rings. The van der Waals surface area contributed by atoms with E-state index in [1.165, 1.54) is 24.3 Å². The van der Waals surface area contributed by atoms with Crippen molar-refractivity contribution in [2.24, 2.45) is 0 Å². The van der Waals surface area contributed by atoms with Gasteiger partial charge in [-0.1, -0.05) is 128 Å². The van der Waals surface area contributed by atoms with Crippen LogP contribution in [0.2, 0.25) is 0 Å². The van der Waals surface area contributed by atoms with E-state index in [9.17, 15) is 13.9 Å². The number of aromatic nitrogens is 3. The van der Waals surface area contributed by atoms with E-state index >= 15 is 0 Å². The molecule has 0 atom stereocenters. The molecule has 0 saturated heterocycles. The van der Waals surface area contributed by atoms with E-state index in [1.54, 1.807) is 42.7 Å². The molecular formula is C48H34F2N3OPt-. The molecule has 8 aromatic rings. The Bertz CT molecular complexity index is 2600. The second-order valence-corrected chi connectivity index (χ2v) is 13.7. The first-order valence-corrected chi connectivity index (χ1v) is 17.6. The molecule has 8 rings (SSSR count). The molecule has 0 aliphatic heterocycles. The molecule has 7 heteroatoms. The van der Waals surface area contributed by atoms with E-state index < -0.39 is 5.41 Å². The van der Waals surface area contributed by atoms with Gasteiger partial charge < -0.3 is 5.11 Å². The van der Waals surface area contributed by atoms with E-state index in [2.05, 4.69) is 43.1 Å². The predicted molar refractivity (Wildman–Crippen MR) is 211 cm³/mol. The topological polar surface area (TPSA) is 58.9 Å². The van der Waals surface area contributed by atoms with Crippen LogP contribution in [-0.2, 0) is 26.5 Å². The van der Waals surface area contributed by atoms with Gasteiger partial charge in [-0.05, 0) is 81.3 Å². The summed E-state index contributed by atoms with van der Waals surface area (Å²) in [4.78, 5) is 14.6. The summed E-state index contributed by atoms with van der Waals surface area (Å²) >= 11 is 0. The minimum absolute atomic E-state index is 0. The van der Waals surface area contributed by atoms with Crippen LogP contribution in [0.3, 0.4) is 0 Å². The fraction of sp³-hybridized carbons (Fsp3) is 0.0625. The number of rotatable bonds is 8. The maximum Gasteiger partial charge on any atom is 0.144 e. The maximum atomic E-state index is 14.1. The van der Waals surface area contributed by atoms with E-state index in [0.717, 1.165) is 50.1 Å². The van der Waals surface area contributed by atoms with Gasteiger partial charge in [0.05, 0.1) is 5.69 Å². The molecular weight excluding hydrogens is 868 g/mol. The summed E-state index contributed by atoms with van der Waals surface area (Å²) in [6.45, 7) is 4.36. The van der Waals surface area contributed by atoms with Crippen LogP contribution in [0, 0.1) is 17.7 Å². The van der Waals surface area contributed by atoms with E-state index in [0.29, 0.717) is 28.3 Å². The van der Waals surface area contributed by atoms with Gasteiger partial charge in [0.1, 0.15) is 23.1 Å². The molecule has 0 amide bonds. The first-order chi connectivity index (χ1) is 26.2. The van der Waals surface area contributed by atoms with E-state index in [1.807, 2.05) is 78.9 Å². The Kier molecular flexibility index (Phi) is 10.6. The third-order valence-electron chi connectivity index (χ3n) is 9.80. The van der Waals surface area contributed by atoms with Crippen LogP contribution in [0.4, 0.5) is 8.78 Å². The van der Waals surface area contributed by atoms with Crippen molar-refractivity contribution in [2.75, 3.05) is 0 Å². The number of pyridine rings is 3. The van der Waals surface area contributed by atoms with Gasteiger partial charge in [-0.3, -0.25) is 15.0 Å². The van der Waals surface area contributed by atoms with Crippen molar-refractivity contribution in [1.29, 1.82) is 0 Å². The van der Waals surface area contributed by atoms with Gasteiger partial charge in [-0.15, -0.1) is 18.2 Å². The van der Waals surface area contributed by atoms with Gasteiger partial charge in [0.2, 0.25) is 0 Å². The smallest absolute Gasteiger partial charge is 0.144 e. The van der Waals surface area contributed by atoms with Crippen LogP contribution in [0.5, 0.6) is 5.75 Å². The fourth-order valence-corrected chi connectivity index (χ4v) is 6.80. The Labute approximate surface area is 333 Å². The third kappa shape index (κ3) is 7.78. The van der Waals surface area contributed by atoms with Crippen molar-refractivity contribution < 1.29 is 35.0 Å². The van der Waals surface area contributed by atoms with Crippen molar-refractivity contribution in [3.63, 3.8) is 0 Å². The van der Waals surface area contributed by atoms with Gasteiger partial charge in [0.25, 0.3) is 0 Å². The molecule has 0 spiro atoms. The predicted octanol–water partition coefficient (Wildman–Crippen LogP) is 12.0. The molecule has 0 unspecified atom stereocenters. The van der Waals surface area contributed by atoms with Crippen LogP contribution < -0.4 is 0 Å². The largest absolute Gasteiger partial charge is 0.506 e. The number of hydrogen-bond acceptors (Lipinski definition) is 4. The van der Waals surface area contributed by atoms with Crippen LogP contribution in [0.1, 0.15) is 25.0 Å². The minimum atomic E-state index is -0.441. The molecule has 0 radical (unpaired) electrons. The fourth-order valence-electron chi connectivity index (χ4n) is 6.80. The Morgan fingerprint density at radius 1 is 0.545 bits per heavy atom. The number of nitrogens with zero attached hydrogens (tertiary/aromatic N) is 3. The average molecular weight is 902 g/mol. The molecule has 0 saturated carbocycles. The Morgan fingerprint density at radius 2 is 1.13 bits per heavy atom.